The van der Waals surface area contributed by atoms with Gasteiger partial charge in [0.05, 0.1) is 7.11 Å². The molecule has 0 spiro atoms. The number of hydrogen-bond acceptors (Lipinski definition) is 3. The average molecular weight is 234 g/mol. The van der Waals surface area contributed by atoms with Crippen molar-refractivity contribution in [3.05, 3.63) is 29.3 Å². The van der Waals surface area contributed by atoms with Crippen molar-refractivity contribution in [3.8, 4) is 5.75 Å². The summed E-state index contributed by atoms with van der Waals surface area (Å²) in [6.45, 7) is 6.41. The van der Waals surface area contributed by atoms with Crippen LogP contribution >= 0.6 is 0 Å². The molecule has 1 aliphatic rings. The van der Waals surface area contributed by atoms with Gasteiger partial charge in [0.15, 0.2) is 0 Å². The van der Waals surface area contributed by atoms with Gasteiger partial charge in [0.25, 0.3) is 0 Å². The summed E-state index contributed by atoms with van der Waals surface area (Å²) in [5.74, 6) is 1.96. The highest BCUT2D eigenvalue weighted by molar-refractivity contribution is 5.41. The number of hydrogen-bond donors (Lipinski definition) is 2. The molecule has 17 heavy (non-hydrogen) atoms. The van der Waals surface area contributed by atoms with Gasteiger partial charge in [-0.2, -0.15) is 0 Å². The van der Waals surface area contributed by atoms with Crippen LogP contribution in [-0.4, -0.2) is 20.2 Å². The minimum atomic E-state index is 0.0740. The first-order valence-corrected chi connectivity index (χ1v) is 6.27. The summed E-state index contributed by atoms with van der Waals surface area (Å²) < 4.78 is 5.42. The van der Waals surface area contributed by atoms with E-state index in [1.54, 1.807) is 7.11 Å². The Morgan fingerprint density at radius 1 is 1.35 bits per heavy atom. The van der Waals surface area contributed by atoms with E-state index in [1.807, 2.05) is 6.07 Å². The molecular formula is C14H22N2O. The first-order valence-electron chi connectivity index (χ1n) is 6.27. The van der Waals surface area contributed by atoms with Gasteiger partial charge in [-0.05, 0) is 17.5 Å². The van der Waals surface area contributed by atoms with Crippen LogP contribution in [0.4, 0.5) is 0 Å². The van der Waals surface area contributed by atoms with Crippen molar-refractivity contribution in [2.75, 3.05) is 20.2 Å². The minimum Gasteiger partial charge on any atom is -0.496 e. The Morgan fingerprint density at radius 3 is 2.53 bits per heavy atom. The summed E-state index contributed by atoms with van der Waals surface area (Å²) in [4.78, 5) is 0. The predicted molar refractivity (Wildman–Crippen MR) is 70.4 cm³/mol. The van der Waals surface area contributed by atoms with Gasteiger partial charge in [0.2, 0.25) is 0 Å². The quantitative estimate of drug-likeness (QED) is 0.838. The fourth-order valence-electron chi connectivity index (χ4n) is 2.19. The Kier molecular flexibility index (Phi) is 3.69. The molecule has 3 nitrogen and oxygen atoms in total. The molecule has 0 bridgehead atoms. The number of benzene rings is 1. The molecule has 1 aromatic carbocycles. The Hall–Kier alpha value is -1.06. The molecule has 2 rings (SSSR count). The fourth-order valence-corrected chi connectivity index (χ4v) is 2.19. The fraction of sp³-hybridized carbons (Fsp3) is 0.571. The Balaban J connectivity index is 2.30. The van der Waals surface area contributed by atoms with Crippen LogP contribution in [0.25, 0.3) is 0 Å². The first-order chi connectivity index (χ1) is 8.13. The topological polar surface area (TPSA) is 47.3 Å². The maximum atomic E-state index is 6.33. The van der Waals surface area contributed by atoms with Gasteiger partial charge in [-0.25, -0.2) is 0 Å². The third-order valence-corrected chi connectivity index (χ3v) is 3.60. The summed E-state index contributed by atoms with van der Waals surface area (Å²) in [5.41, 5.74) is 8.79. The molecule has 0 amide bonds. The van der Waals surface area contributed by atoms with Crippen LogP contribution in [0, 0.1) is 5.92 Å². The summed E-state index contributed by atoms with van der Waals surface area (Å²) in [6, 6.07) is 6.44. The lowest BCUT2D eigenvalue weighted by molar-refractivity contribution is 0.288. The Morgan fingerprint density at radius 2 is 2.06 bits per heavy atom. The van der Waals surface area contributed by atoms with Crippen LogP contribution in [0.1, 0.15) is 36.9 Å². The monoisotopic (exact) mass is 234 g/mol. The third-order valence-electron chi connectivity index (χ3n) is 3.60. The molecule has 0 aromatic heterocycles. The van der Waals surface area contributed by atoms with Crippen LogP contribution in [-0.2, 0) is 0 Å². The van der Waals surface area contributed by atoms with Crippen LogP contribution in [0.5, 0.6) is 5.75 Å². The van der Waals surface area contributed by atoms with Crippen molar-refractivity contribution in [1.29, 1.82) is 0 Å². The van der Waals surface area contributed by atoms with E-state index in [-0.39, 0.29) is 6.04 Å². The molecule has 1 unspecified atom stereocenters. The van der Waals surface area contributed by atoms with E-state index in [9.17, 15) is 0 Å². The van der Waals surface area contributed by atoms with E-state index in [0.29, 0.717) is 11.8 Å². The van der Waals surface area contributed by atoms with Gasteiger partial charge < -0.3 is 15.8 Å². The van der Waals surface area contributed by atoms with Crippen LogP contribution in [0.15, 0.2) is 18.2 Å². The van der Waals surface area contributed by atoms with E-state index >= 15 is 0 Å². The molecule has 94 valence electrons. The standard InChI is InChI=1S/C14H22N2O/c1-9(2)10-4-5-13(17-3)12(6-10)14(15)11-7-16-8-11/h4-6,9,11,14,16H,7-8,15H2,1-3H3. The van der Waals surface area contributed by atoms with Crippen LogP contribution < -0.4 is 15.8 Å². The van der Waals surface area contributed by atoms with Crippen molar-refractivity contribution in [2.24, 2.45) is 11.7 Å². The van der Waals surface area contributed by atoms with Gasteiger partial charge in [0, 0.05) is 30.6 Å². The maximum absolute atomic E-state index is 6.33. The van der Waals surface area contributed by atoms with E-state index in [0.717, 1.165) is 24.4 Å². The molecule has 1 heterocycles. The summed E-state index contributed by atoms with van der Waals surface area (Å²) in [5, 5.41) is 3.27. The molecule has 0 saturated carbocycles. The van der Waals surface area contributed by atoms with Crippen LogP contribution in [0.3, 0.4) is 0 Å². The number of nitrogens with two attached hydrogens (primary N) is 1. The Bertz CT molecular complexity index is 386. The number of rotatable bonds is 4. The van der Waals surface area contributed by atoms with Crippen molar-refractivity contribution >= 4 is 0 Å². The summed E-state index contributed by atoms with van der Waals surface area (Å²) in [7, 11) is 1.71. The molecule has 1 fully saturated rings. The average Bonchev–Trinajstić information content (AvgIpc) is 2.25. The smallest absolute Gasteiger partial charge is 0.123 e. The van der Waals surface area contributed by atoms with E-state index < -0.39 is 0 Å². The van der Waals surface area contributed by atoms with Gasteiger partial charge in [-0.15, -0.1) is 0 Å². The molecule has 3 heteroatoms. The molecular weight excluding hydrogens is 212 g/mol. The summed E-state index contributed by atoms with van der Waals surface area (Å²) in [6.07, 6.45) is 0. The zero-order chi connectivity index (χ0) is 12.4. The zero-order valence-corrected chi connectivity index (χ0v) is 10.9. The number of nitrogens with one attached hydrogen (secondary N) is 1. The Labute approximate surface area is 103 Å². The molecule has 3 N–H and O–H groups in total. The zero-order valence-electron chi connectivity index (χ0n) is 10.9. The highest BCUT2D eigenvalue weighted by atomic mass is 16.5. The molecule has 1 aliphatic heterocycles. The molecule has 1 saturated heterocycles. The third kappa shape index (κ3) is 2.45. The van der Waals surface area contributed by atoms with Gasteiger partial charge >= 0.3 is 0 Å². The van der Waals surface area contributed by atoms with E-state index in [1.165, 1.54) is 5.56 Å². The highest BCUT2D eigenvalue weighted by Gasteiger charge is 2.27. The molecule has 1 aromatic rings. The maximum Gasteiger partial charge on any atom is 0.123 e. The van der Waals surface area contributed by atoms with E-state index in [2.05, 4.69) is 31.3 Å². The second-order valence-electron chi connectivity index (χ2n) is 5.10. The lowest BCUT2D eigenvalue weighted by Gasteiger charge is -2.33. The second-order valence-corrected chi connectivity index (χ2v) is 5.10. The second kappa shape index (κ2) is 5.07. The van der Waals surface area contributed by atoms with Gasteiger partial charge in [0.1, 0.15) is 5.75 Å². The van der Waals surface area contributed by atoms with Crippen molar-refractivity contribution in [3.63, 3.8) is 0 Å². The number of methoxy groups -OCH3 is 1. The SMILES string of the molecule is COc1ccc(C(C)C)cc1C(N)C1CNC1. The molecule has 1 atom stereocenters. The molecule has 0 aliphatic carbocycles. The molecule has 0 radical (unpaired) electrons. The van der Waals surface area contributed by atoms with Crippen LogP contribution in [0.2, 0.25) is 0 Å². The lowest BCUT2D eigenvalue weighted by atomic mass is 9.87. The summed E-state index contributed by atoms with van der Waals surface area (Å²) >= 11 is 0. The minimum absolute atomic E-state index is 0.0740. The van der Waals surface area contributed by atoms with Gasteiger partial charge in [-0.3, -0.25) is 0 Å². The van der Waals surface area contributed by atoms with Crippen molar-refractivity contribution in [2.45, 2.75) is 25.8 Å². The predicted octanol–water partition coefficient (Wildman–Crippen LogP) is 2.04. The highest BCUT2D eigenvalue weighted by Crippen LogP contribution is 2.32. The lowest BCUT2D eigenvalue weighted by Crippen LogP contribution is -2.47. The first kappa shape index (κ1) is 12.4. The largest absolute Gasteiger partial charge is 0.496 e. The number of ether oxygens (including phenoxy) is 1. The van der Waals surface area contributed by atoms with Gasteiger partial charge in [-0.1, -0.05) is 26.0 Å². The van der Waals surface area contributed by atoms with E-state index in [4.69, 9.17) is 10.5 Å². The van der Waals surface area contributed by atoms with Crippen molar-refractivity contribution in [1.82, 2.24) is 5.32 Å². The van der Waals surface area contributed by atoms with Crippen molar-refractivity contribution < 1.29 is 4.74 Å². The normalized spacial score (nSPS) is 17.9.